The first-order valence-electron chi connectivity index (χ1n) is 3.96. The molecule has 0 fully saturated rings. The number of phosphoric acid groups is 2. The number of phosphoric ester groups is 1. The van der Waals surface area contributed by atoms with Crippen molar-refractivity contribution in [2.75, 3.05) is 34.3 Å². The van der Waals surface area contributed by atoms with Gasteiger partial charge in [-0.05, 0) is 0 Å². The molecule has 94 valence electrons. The normalized spacial score (nSPS) is 16.4. The van der Waals surface area contributed by atoms with Crippen LogP contribution in [-0.4, -0.2) is 53.5 Å². The van der Waals surface area contributed by atoms with Gasteiger partial charge in [-0.15, -0.1) is 0 Å². The Morgan fingerprint density at radius 1 is 1.19 bits per heavy atom. The van der Waals surface area contributed by atoms with Gasteiger partial charge < -0.3 is 20.6 Å². The second-order valence-corrected chi connectivity index (χ2v) is 6.72. The van der Waals surface area contributed by atoms with E-state index in [9.17, 15) is 9.13 Å². The van der Waals surface area contributed by atoms with Crippen LogP contribution in [-0.2, 0) is 18.0 Å². The van der Waals surface area contributed by atoms with Crippen molar-refractivity contribution in [1.29, 1.82) is 0 Å². The van der Waals surface area contributed by atoms with Gasteiger partial charge in [-0.3, -0.25) is 4.52 Å². The molecule has 0 spiro atoms. The van der Waals surface area contributed by atoms with E-state index < -0.39 is 15.6 Å². The van der Waals surface area contributed by atoms with Crippen molar-refractivity contribution in [2.45, 2.75) is 0 Å². The van der Waals surface area contributed by atoms with Gasteiger partial charge in [0.25, 0.3) is 0 Å². The summed E-state index contributed by atoms with van der Waals surface area (Å²) in [6, 6.07) is 0. The number of hydrogen-bond acceptors (Lipinski definition) is 4. The Kier molecular flexibility index (Phi) is 8.52. The Morgan fingerprint density at radius 2 is 1.62 bits per heavy atom. The minimum absolute atomic E-state index is 0. The third-order valence-electron chi connectivity index (χ3n) is 1.23. The first kappa shape index (κ1) is 19.6. The van der Waals surface area contributed by atoms with Crippen molar-refractivity contribution in [3.05, 3.63) is 0 Å². The van der Waals surface area contributed by atoms with E-state index in [0.29, 0.717) is 11.0 Å². The van der Waals surface area contributed by atoms with Gasteiger partial charge in [0.15, 0.2) is 0 Å². The first-order valence-corrected chi connectivity index (χ1v) is 6.99. The van der Waals surface area contributed by atoms with Gasteiger partial charge in [0, 0.05) is 0 Å². The minimum Gasteiger partial charge on any atom is -1.00 e. The van der Waals surface area contributed by atoms with Gasteiger partial charge in [0.2, 0.25) is 0 Å². The summed E-state index contributed by atoms with van der Waals surface area (Å²) in [7, 11) is -4.20. The maximum atomic E-state index is 10.9. The zero-order valence-corrected chi connectivity index (χ0v) is 13.5. The molecule has 0 radical (unpaired) electrons. The molecule has 16 heavy (non-hydrogen) atoms. The molecule has 0 saturated heterocycles. The second kappa shape index (κ2) is 6.97. The topological polar surface area (TPSA) is 113 Å². The van der Waals surface area contributed by atoms with Crippen LogP contribution in [0.3, 0.4) is 0 Å². The van der Waals surface area contributed by atoms with Crippen LogP contribution in [0.2, 0.25) is 0 Å². The van der Waals surface area contributed by atoms with Crippen molar-refractivity contribution in [3.8, 4) is 0 Å². The quantitative estimate of drug-likeness (QED) is 0.272. The molecule has 0 saturated carbocycles. The van der Waals surface area contributed by atoms with Crippen LogP contribution in [0, 0.1) is 0 Å². The van der Waals surface area contributed by atoms with Crippen LogP contribution < -0.4 is 29.6 Å². The summed E-state index contributed by atoms with van der Waals surface area (Å²) in [5.74, 6) is 0. The summed E-state index contributed by atoms with van der Waals surface area (Å²) in [4.78, 5) is 25.4. The van der Waals surface area contributed by atoms with Gasteiger partial charge >= 0.3 is 45.2 Å². The molecular weight excluding hydrogens is 271 g/mol. The summed E-state index contributed by atoms with van der Waals surface area (Å²) in [6.45, 7) is 0.256. The van der Waals surface area contributed by atoms with Crippen molar-refractivity contribution in [2.24, 2.45) is 0 Å². The van der Waals surface area contributed by atoms with Gasteiger partial charge in [-0.1, -0.05) is 0 Å². The van der Waals surface area contributed by atoms with Gasteiger partial charge in [0.1, 0.15) is 13.2 Å². The van der Waals surface area contributed by atoms with Crippen LogP contribution in [0.25, 0.3) is 0 Å². The van der Waals surface area contributed by atoms with E-state index in [0.717, 1.165) is 0 Å². The Morgan fingerprint density at radius 3 is 1.94 bits per heavy atom. The summed E-state index contributed by atoms with van der Waals surface area (Å²) in [5.41, 5.74) is 0. The fourth-order valence-corrected chi connectivity index (χ4v) is 2.16. The Bertz CT molecular complexity index is 303. The van der Waals surface area contributed by atoms with Crippen LogP contribution in [0.1, 0.15) is 1.43 Å². The summed E-state index contributed by atoms with van der Waals surface area (Å²) >= 11 is 0. The molecule has 0 bridgehead atoms. The smallest absolute Gasteiger partial charge is 1.00 e. The van der Waals surface area contributed by atoms with Crippen molar-refractivity contribution in [1.82, 2.24) is 0 Å². The standard InChI is InChI=1S/C5H15NO7P2.Na.H/c1-6(2,3)4-5-12-15(10,11)13-14(7,8)9;;/h4-5H2,1-3H3,(H2-,7,8,9,10,11);;/q;+1;-1/p+1. The fourth-order valence-electron chi connectivity index (χ4n) is 0.588. The average Bonchev–Trinajstić information content (AvgIpc) is 1.75. The number of rotatable bonds is 6. The molecule has 8 nitrogen and oxygen atoms in total. The molecule has 0 amide bonds. The molecule has 0 aromatic carbocycles. The van der Waals surface area contributed by atoms with Crippen LogP contribution in [0.15, 0.2) is 0 Å². The molecule has 0 aliphatic rings. The SMILES string of the molecule is C[N+](C)(C)CCOP(=O)(O)OP(=O)(O)O.[H-].[Na+]. The summed E-state index contributed by atoms with van der Waals surface area (Å²) < 4.78 is 29.6. The largest absolute Gasteiger partial charge is 1.00 e. The maximum Gasteiger partial charge on any atom is 1.00 e. The van der Waals surface area contributed by atoms with Gasteiger partial charge in [-0.25, -0.2) is 9.13 Å². The summed E-state index contributed by atoms with van der Waals surface area (Å²) in [6.07, 6.45) is 0. The van der Waals surface area contributed by atoms with E-state index in [4.69, 9.17) is 14.7 Å². The molecule has 0 aliphatic carbocycles. The third-order valence-corrected chi connectivity index (χ3v) is 3.41. The zero-order valence-electron chi connectivity index (χ0n) is 10.7. The average molecular weight is 288 g/mol. The van der Waals surface area contributed by atoms with E-state index in [1.165, 1.54) is 0 Å². The van der Waals surface area contributed by atoms with Crippen LogP contribution in [0.5, 0.6) is 0 Å². The molecule has 0 aromatic heterocycles. The molecule has 0 rings (SSSR count). The van der Waals surface area contributed by atoms with E-state index in [2.05, 4.69) is 8.83 Å². The molecule has 0 aromatic rings. The predicted molar refractivity (Wildman–Crippen MR) is 52.9 cm³/mol. The zero-order chi connectivity index (χ0) is 12.3. The van der Waals surface area contributed by atoms with Crippen LogP contribution >= 0.6 is 15.6 Å². The number of likely N-dealkylation sites (N-methyl/N-ethyl adjacent to an activating group) is 1. The molecular formula is C5H17NNaO7P2+. The molecule has 11 heteroatoms. The Labute approximate surface area is 118 Å². The number of quaternary nitrogens is 1. The van der Waals surface area contributed by atoms with Gasteiger partial charge in [0.05, 0.1) is 21.1 Å². The second-order valence-electron chi connectivity index (χ2n) is 3.89. The molecule has 3 N–H and O–H groups in total. The third kappa shape index (κ3) is 13.3. The maximum absolute atomic E-state index is 10.9. The first-order chi connectivity index (χ1) is 6.41. The molecule has 0 aliphatic heterocycles. The molecule has 1 unspecified atom stereocenters. The van der Waals surface area contributed by atoms with E-state index in [1.807, 2.05) is 21.1 Å². The minimum atomic E-state index is -5.01. The summed E-state index contributed by atoms with van der Waals surface area (Å²) in [5, 5.41) is 0. The Hall–Kier alpha value is 1.22. The van der Waals surface area contributed by atoms with E-state index in [1.54, 1.807) is 0 Å². The predicted octanol–water partition coefficient (Wildman–Crippen LogP) is -2.96. The fraction of sp³-hybridized carbons (Fsp3) is 1.00. The van der Waals surface area contributed by atoms with Crippen LogP contribution in [0.4, 0.5) is 0 Å². The molecule has 1 atom stereocenters. The van der Waals surface area contributed by atoms with Crippen molar-refractivity contribution < 1.29 is 68.1 Å². The molecule has 0 heterocycles. The Balaban J connectivity index is -0.000000980. The van der Waals surface area contributed by atoms with Gasteiger partial charge in [-0.2, -0.15) is 4.31 Å². The van der Waals surface area contributed by atoms with Crippen molar-refractivity contribution >= 4 is 15.6 Å². The monoisotopic (exact) mass is 288 g/mol. The van der Waals surface area contributed by atoms with E-state index >= 15 is 0 Å². The van der Waals surface area contributed by atoms with Crippen molar-refractivity contribution in [3.63, 3.8) is 0 Å². The van der Waals surface area contributed by atoms with E-state index in [-0.39, 0.29) is 37.6 Å². The number of hydrogen-bond donors (Lipinski definition) is 3. The number of nitrogens with zero attached hydrogens (tertiary/aromatic N) is 1.